The van der Waals surface area contributed by atoms with E-state index in [0.29, 0.717) is 0 Å². The number of methoxy groups -OCH3 is 1. The normalized spacial score (nSPS) is 22.2. The summed E-state index contributed by atoms with van der Waals surface area (Å²) in [4.78, 5) is 134. The molecule has 0 spiro atoms. The van der Waals surface area contributed by atoms with Crippen LogP contribution in [-0.4, -0.2) is 229 Å². The molecule has 3 aliphatic rings. The predicted molar refractivity (Wildman–Crippen MR) is 458 cm³/mol. The summed E-state index contributed by atoms with van der Waals surface area (Å²) >= 11 is 0. The Hall–Kier alpha value is -13.0. The maximum atomic E-state index is 16.5. The molecule has 3 saturated heterocycles. The Bertz CT molecular complexity index is 5720. The minimum atomic E-state index is -8.95. The molecule has 25 nitrogen and oxygen atoms in total. The van der Waals surface area contributed by atoms with Gasteiger partial charge in [0.15, 0.2) is 82.1 Å². The quantitative estimate of drug-likeness (QED) is 0.0150. The highest BCUT2D eigenvalue weighted by molar-refractivity contribution is 6.76. The van der Waals surface area contributed by atoms with Crippen molar-refractivity contribution < 1.29 is 193 Å². The minimum absolute atomic E-state index is 0.0696. The van der Waals surface area contributed by atoms with Crippen LogP contribution < -0.4 is 0 Å². The van der Waals surface area contributed by atoms with Gasteiger partial charge < -0.3 is 75.5 Å². The molecular weight excluding hydrogens is 1930 g/mol. The molecule has 0 radical (unpaired) electrons. The number of rotatable bonds is 39. The molecule has 0 unspecified atom stereocenters. The molecule has 3 heterocycles. The van der Waals surface area contributed by atoms with Gasteiger partial charge in [0, 0.05) is 13.5 Å². The molecule has 0 amide bonds. The van der Waals surface area contributed by atoms with Crippen LogP contribution in [0.25, 0.3) is 0 Å². The van der Waals surface area contributed by atoms with Crippen LogP contribution in [0.5, 0.6) is 0 Å². The molecule has 12 rings (SSSR count). The summed E-state index contributed by atoms with van der Waals surface area (Å²) in [5.41, 5.74) is -5.02. The van der Waals surface area contributed by atoms with Gasteiger partial charge in [0.05, 0.1) is 69.9 Å². The van der Waals surface area contributed by atoms with E-state index in [2.05, 4.69) is 0 Å². The highest BCUT2D eigenvalue weighted by atomic mass is 28.4. The number of halogens is 17. The van der Waals surface area contributed by atoms with Crippen molar-refractivity contribution in [1.82, 2.24) is 0 Å². The number of esters is 9. The van der Waals surface area contributed by atoms with Crippen LogP contribution in [0.15, 0.2) is 273 Å². The smallest absolute Gasteiger partial charge is 0.452 e. The second-order valence-corrected chi connectivity index (χ2v) is 37.9. The molecule has 0 saturated carbocycles. The Morgan fingerprint density at radius 3 is 0.674 bits per heavy atom. The summed E-state index contributed by atoms with van der Waals surface area (Å²) in [5.74, 6) is -70.3. The van der Waals surface area contributed by atoms with Crippen molar-refractivity contribution in [2.45, 2.75) is 191 Å². The largest absolute Gasteiger partial charge is 0.460 e. The molecule has 0 bridgehead atoms. The average molecular weight is 2020 g/mol. The van der Waals surface area contributed by atoms with Gasteiger partial charge in [-0.2, -0.15) is 74.6 Å². The Kier molecular flexibility index (Phi) is 34.0. The van der Waals surface area contributed by atoms with Crippen LogP contribution in [0.1, 0.15) is 127 Å². The lowest BCUT2D eigenvalue weighted by Gasteiger charge is -2.48. The summed E-state index contributed by atoms with van der Waals surface area (Å²) in [7, 11) is -3.95. The van der Waals surface area contributed by atoms with E-state index in [0.717, 1.165) is 46.9 Å². The molecule has 141 heavy (non-hydrogen) atoms. The van der Waals surface area contributed by atoms with E-state index in [1.54, 1.807) is 18.2 Å². The molecule has 15 atom stereocenters. The highest BCUT2D eigenvalue weighted by Gasteiger charge is 2.95. The van der Waals surface area contributed by atoms with Crippen molar-refractivity contribution >= 4 is 62.0 Å². The number of benzene rings is 9. The summed E-state index contributed by atoms with van der Waals surface area (Å²) < 4.78 is 356. The minimum Gasteiger partial charge on any atom is -0.452 e. The molecule has 0 N–H and O–H groups in total. The van der Waals surface area contributed by atoms with E-state index in [4.69, 9.17) is 75.5 Å². The van der Waals surface area contributed by atoms with Gasteiger partial charge in [-0.15, -0.1) is 0 Å². The highest BCUT2D eigenvalue weighted by Crippen LogP contribution is 2.65. The van der Waals surface area contributed by atoms with Gasteiger partial charge in [-0.05, 0) is 126 Å². The first-order chi connectivity index (χ1) is 66.7. The van der Waals surface area contributed by atoms with E-state index in [9.17, 15) is 58.7 Å². The Morgan fingerprint density at radius 2 is 0.454 bits per heavy atom. The molecule has 9 aromatic carbocycles. The molecule has 3 aliphatic heterocycles. The Balaban J connectivity index is 1.01. The van der Waals surface area contributed by atoms with Gasteiger partial charge in [0.25, 0.3) is 0 Å². The zero-order valence-electron chi connectivity index (χ0n) is 74.5. The second kappa shape index (κ2) is 44.8. The monoisotopic (exact) mass is 2010 g/mol. The van der Waals surface area contributed by atoms with Crippen LogP contribution in [-0.2, 0) is 75.5 Å². The van der Waals surface area contributed by atoms with Gasteiger partial charge in [0.2, 0.25) is 0 Å². The van der Waals surface area contributed by atoms with E-state index in [1.807, 2.05) is 0 Å². The number of ether oxygens (including phenoxy) is 15. The number of carbonyl (C=O) groups excluding carboxylic acids is 9. The van der Waals surface area contributed by atoms with Gasteiger partial charge in [-0.3, -0.25) is 0 Å². The summed E-state index contributed by atoms with van der Waals surface area (Å²) in [6, 6.07) is 59.5. The lowest BCUT2D eigenvalue weighted by molar-refractivity contribution is -0.461. The van der Waals surface area contributed by atoms with Crippen LogP contribution in [0.4, 0.5) is 74.6 Å². The molecule has 0 aromatic heterocycles. The topological polar surface area (TPSA) is 301 Å². The summed E-state index contributed by atoms with van der Waals surface area (Å²) in [6.45, 7) is 0.546. The SMILES string of the molecule is CO[C@H]1O[C@H](CO[C@@H]2O[C@H](CO[C@@H]3O[C@H](CO[Si](CCC(F)(F)C(F)(F)C(F)(F)C(F)(F)C(F)(F)C(F)(F)C(F)(F)C(F)(F)F)(C(C)C)C(C)C)[C@@H](OC(=O)c4ccccc4)[C@H](OC(=O)c4ccccc4)[C@H]3OC(=O)c3ccccc3)[C@@H](OC(=O)c3ccccc3)[C@H](OC(=O)c3ccccc3)[C@H]2OC(=O)c2ccccc2)[C@@H](OC(=O)c2ccccc2)[C@H](OC(=O)c2ccccc2)[C@H]1OC(=O)c1ccccc1. The van der Waals surface area contributed by atoms with Crippen LogP contribution in [0.3, 0.4) is 0 Å². The van der Waals surface area contributed by atoms with Crippen molar-refractivity contribution in [1.29, 1.82) is 0 Å². The summed E-state index contributed by atoms with van der Waals surface area (Å²) in [5, 5.41) is 0. The standard InChI is InChI=1S/C98H87F17O25Si/c1-56(2)141(57(3)4,52-51-91(99,100)92(101,102)93(103,104)94(105,106)95(107,108)96(109,110)97(111,112)98(113,114)115)128-55-69-72(134-81(118)60-37-19-8-20-38-60)75(137-84(121)63-43-25-11-26-44-63)78(140-87(124)66-49-31-14-32-50-66)90(131-69)127-54-68-71(133-80(117)59-35-17-7-18-36-59)74(136-83(120)62-41-23-10-24-42-62)77(139-86(123)65-47-29-13-30-48-65)89(130-68)126-53-67-70(132-79(116)58-33-15-6-16-34-58)73(135-82(119)61-39-21-9-22-40-61)76(88(125-5)129-67)138-85(122)64-45-27-12-28-46-64/h6-50,56-57,67-78,88-90H,51-55H2,1-5H3/t67-,68-,69-,70-,71-,72-,73+,74+,75+,76-,77-,78-,88+,89-,90-/m1/s1. The van der Waals surface area contributed by atoms with E-state index in [1.165, 1.54) is 243 Å². The lowest BCUT2D eigenvalue weighted by Crippen LogP contribution is -2.74. The molecular formula is C98H87F17O25Si. The number of carbonyl (C=O) groups is 9. The third kappa shape index (κ3) is 23.4. The Morgan fingerprint density at radius 1 is 0.262 bits per heavy atom. The number of hydrogen-bond donors (Lipinski definition) is 0. The Labute approximate surface area is 793 Å². The third-order valence-corrected chi connectivity index (χ3v) is 28.9. The van der Waals surface area contributed by atoms with Crippen molar-refractivity contribution in [3.05, 3.63) is 323 Å². The fourth-order valence-electron chi connectivity index (χ4n) is 15.6. The first kappa shape index (κ1) is 107. The first-order valence-corrected chi connectivity index (χ1v) is 45.4. The molecule has 43 heteroatoms. The van der Waals surface area contributed by atoms with E-state index < -0.39 is 245 Å². The number of alkyl halides is 17. The zero-order valence-corrected chi connectivity index (χ0v) is 75.5. The van der Waals surface area contributed by atoms with Gasteiger partial charge in [0.1, 0.15) is 18.3 Å². The molecule has 9 aromatic rings. The van der Waals surface area contributed by atoms with Gasteiger partial charge in [-0.25, -0.2) is 43.2 Å². The lowest BCUT2D eigenvalue weighted by atomic mass is 9.88. The van der Waals surface area contributed by atoms with Gasteiger partial charge >= 0.3 is 101 Å². The fourth-order valence-corrected chi connectivity index (χ4v) is 20.0. The molecule has 0 aliphatic carbocycles. The van der Waals surface area contributed by atoms with Crippen molar-refractivity contribution in [2.24, 2.45) is 0 Å². The third-order valence-electron chi connectivity index (χ3n) is 23.2. The van der Waals surface area contributed by atoms with Crippen molar-refractivity contribution in [3.63, 3.8) is 0 Å². The molecule has 3 fully saturated rings. The van der Waals surface area contributed by atoms with Crippen LogP contribution >= 0.6 is 0 Å². The second-order valence-electron chi connectivity index (χ2n) is 32.9. The van der Waals surface area contributed by atoms with Crippen LogP contribution in [0, 0.1) is 0 Å². The maximum Gasteiger partial charge on any atom is 0.460 e. The molecule has 752 valence electrons. The zero-order chi connectivity index (χ0) is 102. The van der Waals surface area contributed by atoms with E-state index in [-0.39, 0.29) is 50.1 Å². The van der Waals surface area contributed by atoms with Crippen LogP contribution in [0.2, 0.25) is 17.1 Å². The van der Waals surface area contributed by atoms with Crippen molar-refractivity contribution in [2.75, 3.05) is 26.9 Å². The maximum absolute atomic E-state index is 16.5. The number of hydrogen-bond acceptors (Lipinski definition) is 25. The average Bonchev–Trinajstić information content (AvgIpc) is 0.692. The predicted octanol–water partition coefficient (Wildman–Crippen LogP) is 19.1. The fraction of sp³-hybridized carbons (Fsp3) is 0.357. The van der Waals surface area contributed by atoms with Gasteiger partial charge in [-0.1, -0.05) is 191 Å². The first-order valence-electron chi connectivity index (χ1n) is 43.1. The van der Waals surface area contributed by atoms with E-state index >= 15 is 59.1 Å². The van der Waals surface area contributed by atoms with Crippen molar-refractivity contribution in [3.8, 4) is 0 Å². The summed E-state index contributed by atoms with van der Waals surface area (Å²) in [6.07, 6.45) is -44.9.